The van der Waals surface area contributed by atoms with Crippen LogP contribution < -0.4 is 19.1 Å². The van der Waals surface area contributed by atoms with E-state index in [1.807, 2.05) is 38.1 Å². The van der Waals surface area contributed by atoms with Crippen molar-refractivity contribution in [2.45, 2.75) is 26.3 Å². The van der Waals surface area contributed by atoms with Crippen LogP contribution in [-0.2, 0) is 9.59 Å². The van der Waals surface area contributed by atoms with Crippen LogP contribution in [0.1, 0.15) is 36.1 Å². The number of aromatic nitrogens is 1. The monoisotopic (exact) mass is 510 g/mol. The molecular weight excluding hydrogens is 484 g/mol. The minimum absolute atomic E-state index is 0.0130. The lowest BCUT2D eigenvalue weighted by molar-refractivity contribution is -0.132. The van der Waals surface area contributed by atoms with Gasteiger partial charge in [0.25, 0.3) is 11.7 Å². The smallest absolute Gasteiger partial charge is 0.300 e. The first kappa shape index (κ1) is 23.7. The van der Waals surface area contributed by atoms with Crippen LogP contribution >= 0.6 is 0 Å². The van der Waals surface area contributed by atoms with Gasteiger partial charge in [-0.15, -0.1) is 0 Å². The van der Waals surface area contributed by atoms with E-state index < -0.39 is 17.7 Å². The predicted molar refractivity (Wildman–Crippen MR) is 143 cm³/mol. The zero-order valence-electron chi connectivity index (χ0n) is 21.0. The lowest BCUT2D eigenvalue weighted by Gasteiger charge is -2.25. The van der Waals surface area contributed by atoms with Gasteiger partial charge in [-0.25, -0.2) is 0 Å². The second-order valence-corrected chi connectivity index (χ2v) is 9.33. The maximum absolute atomic E-state index is 13.6. The molecule has 0 aliphatic carbocycles. The van der Waals surface area contributed by atoms with E-state index in [9.17, 15) is 14.7 Å². The van der Waals surface area contributed by atoms with Crippen molar-refractivity contribution in [1.82, 2.24) is 4.98 Å². The fourth-order valence-corrected chi connectivity index (χ4v) is 5.07. The SMILES string of the molecule is CCCOc1ccc(/C(O)=C2\C(=O)C(=O)N(c3ccc4c(c3)OCO4)C2c2c[nH]c3ccccc23)cc1C. The lowest BCUT2D eigenvalue weighted by atomic mass is 9.94. The molecule has 4 aromatic rings. The second kappa shape index (κ2) is 9.30. The van der Waals surface area contributed by atoms with Crippen molar-refractivity contribution in [2.75, 3.05) is 18.3 Å². The van der Waals surface area contributed by atoms with Gasteiger partial charge in [-0.3, -0.25) is 14.5 Å². The first-order valence-electron chi connectivity index (χ1n) is 12.5. The van der Waals surface area contributed by atoms with E-state index in [1.54, 1.807) is 42.6 Å². The highest BCUT2D eigenvalue weighted by Crippen LogP contribution is 2.46. The molecule has 2 N–H and O–H groups in total. The molecule has 1 saturated heterocycles. The Morgan fingerprint density at radius 3 is 2.71 bits per heavy atom. The van der Waals surface area contributed by atoms with Crippen molar-refractivity contribution in [3.63, 3.8) is 0 Å². The van der Waals surface area contributed by atoms with E-state index in [1.165, 1.54) is 4.90 Å². The number of aromatic amines is 1. The Labute approximate surface area is 219 Å². The molecule has 8 nitrogen and oxygen atoms in total. The number of Topliss-reactive ketones (excluding diaryl/α,β-unsaturated/α-hetero) is 1. The van der Waals surface area contributed by atoms with E-state index in [-0.39, 0.29) is 18.1 Å². The van der Waals surface area contributed by atoms with Gasteiger partial charge in [0.1, 0.15) is 11.5 Å². The number of aliphatic hydroxyl groups is 1. The highest BCUT2D eigenvalue weighted by molar-refractivity contribution is 6.52. The number of aryl methyl sites for hydroxylation is 1. The molecule has 3 heterocycles. The molecule has 1 atom stereocenters. The summed E-state index contributed by atoms with van der Waals surface area (Å²) in [7, 11) is 0. The molecular formula is C30H26N2O6. The van der Waals surface area contributed by atoms with Gasteiger partial charge in [-0.05, 0) is 55.3 Å². The van der Waals surface area contributed by atoms with Crippen LogP contribution in [0.5, 0.6) is 17.2 Å². The average molecular weight is 511 g/mol. The van der Waals surface area contributed by atoms with Gasteiger partial charge in [0.2, 0.25) is 6.79 Å². The highest BCUT2D eigenvalue weighted by atomic mass is 16.7. The molecule has 1 aromatic heterocycles. The molecule has 1 amide bonds. The maximum atomic E-state index is 13.6. The van der Waals surface area contributed by atoms with E-state index in [0.29, 0.717) is 40.7 Å². The number of nitrogens with zero attached hydrogens (tertiary/aromatic N) is 1. The number of amides is 1. The Bertz CT molecular complexity index is 1620. The fourth-order valence-electron chi connectivity index (χ4n) is 5.07. The third kappa shape index (κ3) is 3.76. The summed E-state index contributed by atoms with van der Waals surface area (Å²) < 4.78 is 16.7. The van der Waals surface area contributed by atoms with Gasteiger partial charge in [0.05, 0.1) is 18.2 Å². The zero-order valence-corrected chi connectivity index (χ0v) is 21.0. The van der Waals surface area contributed by atoms with Crippen molar-refractivity contribution >= 4 is 34.0 Å². The molecule has 1 fully saturated rings. The minimum atomic E-state index is -0.872. The van der Waals surface area contributed by atoms with Gasteiger partial charge in [0, 0.05) is 40.0 Å². The first-order valence-corrected chi connectivity index (χ1v) is 12.5. The number of para-hydroxylation sites is 1. The largest absolute Gasteiger partial charge is 0.507 e. The van der Waals surface area contributed by atoms with Crippen LogP contribution in [-0.4, -0.2) is 35.2 Å². The molecule has 0 spiro atoms. The number of hydrogen-bond donors (Lipinski definition) is 2. The summed E-state index contributed by atoms with van der Waals surface area (Å²) in [6.07, 6.45) is 2.65. The maximum Gasteiger partial charge on any atom is 0.300 e. The van der Waals surface area contributed by atoms with Crippen LogP contribution in [0.2, 0.25) is 0 Å². The number of aliphatic hydroxyl groups excluding tert-OH is 1. The number of hydrogen-bond acceptors (Lipinski definition) is 6. The Balaban J connectivity index is 1.53. The van der Waals surface area contributed by atoms with Crippen LogP contribution in [0.15, 0.2) is 72.4 Å². The molecule has 2 aliphatic rings. The van der Waals surface area contributed by atoms with Gasteiger partial charge >= 0.3 is 0 Å². The quantitative estimate of drug-likeness (QED) is 0.198. The Kier molecular flexibility index (Phi) is 5.79. The summed E-state index contributed by atoms with van der Waals surface area (Å²) in [4.78, 5) is 31.8. The number of carbonyl (C=O) groups is 2. The van der Waals surface area contributed by atoms with Crippen molar-refractivity contribution in [3.05, 3.63) is 89.1 Å². The molecule has 8 heteroatoms. The van der Waals surface area contributed by atoms with E-state index >= 15 is 0 Å². The third-order valence-corrected chi connectivity index (χ3v) is 6.90. The summed E-state index contributed by atoms with van der Waals surface area (Å²) in [6.45, 7) is 4.57. The summed E-state index contributed by atoms with van der Waals surface area (Å²) in [5.41, 5.74) is 3.27. The lowest BCUT2D eigenvalue weighted by Crippen LogP contribution is -2.29. The summed E-state index contributed by atoms with van der Waals surface area (Å²) >= 11 is 0. The number of carbonyl (C=O) groups excluding carboxylic acids is 2. The summed E-state index contributed by atoms with van der Waals surface area (Å²) in [6, 6.07) is 17.1. The molecule has 0 saturated carbocycles. The summed E-state index contributed by atoms with van der Waals surface area (Å²) in [5, 5.41) is 12.4. The predicted octanol–water partition coefficient (Wildman–Crippen LogP) is 5.62. The van der Waals surface area contributed by atoms with E-state index in [0.717, 1.165) is 22.9 Å². The molecule has 0 radical (unpaired) electrons. The minimum Gasteiger partial charge on any atom is -0.507 e. The topological polar surface area (TPSA) is 101 Å². The normalized spacial score (nSPS) is 17.9. The number of ether oxygens (including phenoxy) is 3. The number of ketones is 1. The molecule has 6 rings (SSSR count). The van der Waals surface area contributed by atoms with Gasteiger partial charge in [-0.1, -0.05) is 25.1 Å². The molecule has 0 bridgehead atoms. The first-order chi connectivity index (χ1) is 18.5. The molecule has 2 aliphatic heterocycles. The van der Waals surface area contributed by atoms with Crippen molar-refractivity contribution < 1.29 is 28.9 Å². The number of rotatable bonds is 6. The Hall–Kier alpha value is -4.72. The van der Waals surface area contributed by atoms with Gasteiger partial charge in [0.15, 0.2) is 11.5 Å². The fraction of sp³-hybridized carbons (Fsp3) is 0.200. The zero-order chi connectivity index (χ0) is 26.4. The molecule has 38 heavy (non-hydrogen) atoms. The Morgan fingerprint density at radius 2 is 1.89 bits per heavy atom. The van der Waals surface area contributed by atoms with Gasteiger partial charge in [-0.2, -0.15) is 0 Å². The van der Waals surface area contributed by atoms with Crippen molar-refractivity contribution in [3.8, 4) is 17.2 Å². The number of benzene rings is 3. The molecule has 3 aromatic carbocycles. The summed E-state index contributed by atoms with van der Waals surface area (Å²) in [5.74, 6) is 0.0133. The van der Waals surface area contributed by atoms with E-state index in [2.05, 4.69) is 4.98 Å². The van der Waals surface area contributed by atoms with Crippen molar-refractivity contribution in [1.29, 1.82) is 0 Å². The molecule has 192 valence electrons. The highest BCUT2D eigenvalue weighted by Gasteiger charge is 2.48. The standard InChI is InChI=1S/C30H26N2O6/c1-3-12-36-23-10-8-18(13-17(23)2)28(33)26-27(21-15-31-22-7-5-4-6-20(21)22)32(30(35)29(26)34)19-9-11-24-25(14-19)38-16-37-24/h4-11,13-15,27,31,33H,3,12,16H2,1-2H3/b28-26+. The van der Waals surface area contributed by atoms with E-state index in [4.69, 9.17) is 14.2 Å². The number of anilines is 1. The number of H-pyrrole nitrogens is 1. The van der Waals surface area contributed by atoms with Crippen LogP contribution in [0.25, 0.3) is 16.7 Å². The second-order valence-electron chi connectivity index (χ2n) is 9.33. The van der Waals surface area contributed by atoms with Crippen molar-refractivity contribution in [2.24, 2.45) is 0 Å². The average Bonchev–Trinajstić information content (AvgIpc) is 3.63. The van der Waals surface area contributed by atoms with Crippen LogP contribution in [0.3, 0.4) is 0 Å². The van der Waals surface area contributed by atoms with Crippen LogP contribution in [0, 0.1) is 6.92 Å². The van der Waals surface area contributed by atoms with Crippen LogP contribution in [0.4, 0.5) is 5.69 Å². The Morgan fingerprint density at radius 1 is 1.08 bits per heavy atom. The molecule has 1 unspecified atom stereocenters. The third-order valence-electron chi connectivity index (χ3n) is 6.90. The number of fused-ring (bicyclic) bond motifs is 2. The van der Waals surface area contributed by atoms with Gasteiger partial charge < -0.3 is 24.3 Å². The number of nitrogens with one attached hydrogen (secondary N) is 1.